The van der Waals surface area contributed by atoms with E-state index in [0.717, 1.165) is 51.4 Å². The number of alkyl halides is 3. The lowest BCUT2D eigenvalue weighted by Crippen LogP contribution is -2.38. The quantitative estimate of drug-likeness (QED) is 0.257. The van der Waals surface area contributed by atoms with Crippen LogP contribution in [0.15, 0.2) is 60.7 Å². The standard InChI is InChI=1S/C32H31F3N6O4S/c33-32(34,35)23-6-2-7-24(18-23)36-28(43)21-5-1-4-20(16-21)25-8-9-26-30(37-25)46-31(38-26)39-29(44)22-17-27(42)41(19-22)11-3-10-40-12-14-45-15-13-40/h1-2,4-9,16,18,22H,3,10-15,17,19H2,(H,36,43)(H,38,39,44). The maximum atomic E-state index is 13.1. The first-order valence-corrected chi connectivity index (χ1v) is 15.7. The minimum atomic E-state index is -4.52. The Morgan fingerprint density at radius 3 is 2.59 bits per heavy atom. The van der Waals surface area contributed by atoms with Crippen molar-refractivity contribution in [1.29, 1.82) is 0 Å². The molecule has 1 unspecified atom stereocenters. The molecule has 14 heteroatoms. The van der Waals surface area contributed by atoms with Crippen LogP contribution in [-0.4, -0.2) is 83.4 Å². The zero-order chi connectivity index (χ0) is 32.3. The summed E-state index contributed by atoms with van der Waals surface area (Å²) in [5.74, 6) is -1.31. The molecule has 2 aliphatic heterocycles. The summed E-state index contributed by atoms with van der Waals surface area (Å²) in [6.07, 6.45) is -3.52. The van der Waals surface area contributed by atoms with E-state index in [0.29, 0.717) is 39.8 Å². The van der Waals surface area contributed by atoms with Crippen LogP contribution in [0.25, 0.3) is 21.6 Å². The Bertz CT molecular complexity index is 1760. The van der Waals surface area contributed by atoms with Gasteiger partial charge in [0.2, 0.25) is 11.8 Å². The van der Waals surface area contributed by atoms with Gasteiger partial charge in [0.25, 0.3) is 5.91 Å². The molecule has 0 aliphatic carbocycles. The molecule has 0 spiro atoms. The molecule has 240 valence electrons. The number of likely N-dealkylation sites (tertiary alicyclic amines) is 1. The third-order valence-corrected chi connectivity index (χ3v) is 8.83. The third-order valence-electron chi connectivity index (χ3n) is 7.95. The Labute approximate surface area is 266 Å². The first-order chi connectivity index (χ1) is 22.1. The summed E-state index contributed by atoms with van der Waals surface area (Å²) in [7, 11) is 0. The molecule has 1 atom stereocenters. The fraction of sp³-hybridized carbons (Fsp3) is 0.344. The largest absolute Gasteiger partial charge is 0.416 e. The molecule has 3 amide bonds. The van der Waals surface area contributed by atoms with Gasteiger partial charge in [-0.05, 0) is 48.9 Å². The number of carbonyl (C=O) groups is 3. The SMILES string of the molecule is O=C(Nc1cccc(C(F)(F)F)c1)c1cccc(-c2ccc3nc(NC(=O)C4CC(=O)N(CCCN5CCOCC5)C4)sc3n2)c1. The molecule has 2 aromatic carbocycles. The molecule has 4 heterocycles. The first-order valence-electron chi connectivity index (χ1n) is 14.9. The van der Waals surface area contributed by atoms with Crippen molar-refractivity contribution in [3.05, 3.63) is 71.8 Å². The van der Waals surface area contributed by atoms with Gasteiger partial charge in [-0.3, -0.25) is 19.3 Å². The maximum Gasteiger partial charge on any atom is 0.416 e. The zero-order valence-electron chi connectivity index (χ0n) is 24.7. The Morgan fingerprint density at radius 2 is 1.78 bits per heavy atom. The van der Waals surface area contributed by atoms with E-state index in [9.17, 15) is 27.6 Å². The number of rotatable bonds is 9. The van der Waals surface area contributed by atoms with E-state index in [1.54, 1.807) is 41.3 Å². The summed E-state index contributed by atoms with van der Waals surface area (Å²) in [6, 6.07) is 14.5. The number of hydrogen-bond acceptors (Lipinski definition) is 8. The molecule has 46 heavy (non-hydrogen) atoms. The Balaban J connectivity index is 1.07. The molecule has 0 radical (unpaired) electrons. The lowest BCUT2D eigenvalue weighted by Gasteiger charge is -2.27. The number of thiazole rings is 1. The first kappa shape index (κ1) is 31.6. The smallest absolute Gasteiger partial charge is 0.379 e. The van der Waals surface area contributed by atoms with Crippen LogP contribution in [0.5, 0.6) is 0 Å². The fourth-order valence-corrected chi connectivity index (χ4v) is 6.35. The average molecular weight is 653 g/mol. The second-order valence-corrected chi connectivity index (χ2v) is 12.2. The predicted octanol–water partition coefficient (Wildman–Crippen LogP) is 5.14. The number of fused-ring (bicyclic) bond motifs is 1. The number of nitrogens with one attached hydrogen (secondary N) is 2. The van der Waals surface area contributed by atoms with Gasteiger partial charge in [0, 0.05) is 56.0 Å². The molecule has 6 rings (SSSR count). The van der Waals surface area contributed by atoms with Crippen LogP contribution < -0.4 is 10.6 Å². The lowest BCUT2D eigenvalue weighted by molar-refractivity contribution is -0.137. The summed E-state index contributed by atoms with van der Waals surface area (Å²) in [5.41, 5.74) is 1.17. The number of anilines is 2. The van der Waals surface area contributed by atoms with Crippen LogP contribution in [0.4, 0.5) is 24.0 Å². The van der Waals surface area contributed by atoms with Gasteiger partial charge in [0.05, 0.1) is 30.4 Å². The molecule has 10 nitrogen and oxygen atoms in total. The highest BCUT2D eigenvalue weighted by Gasteiger charge is 2.34. The van der Waals surface area contributed by atoms with Gasteiger partial charge in [0.1, 0.15) is 10.3 Å². The Hall–Kier alpha value is -4.40. The van der Waals surface area contributed by atoms with Crippen molar-refractivity contribution in [3.63, 3.8) is 0 Å². The van der Waals surface area contributed by atoms with Gasteiger partial charge in [-0.1, -0.05) is 29.5 Å². The molecule has 2 saturated heterocycles. The minimum Gasteiger partial charge on any atom is -0.379 e. The average Bonchev–Trinajstić information content (AvgIpc) is 3.63. The van der Waals surface area contributed by atoms with E-state index in [2.05, 4.69) is 25.5 Å². The number of morpholine rings is 1. The van der Waals surface area contributed by atoms with Crippen molar-refractivity contribution in [2.75, 3.05) is 56.6 Å². The van der Waals surface area contributed by atoms with Gasteiger partial charge in [-0.2, -0.15) is 13.2 Å². The number of ether oxygens (including phenoxy) is 1. The summed E-state index contributed by atoms with van der Waals surface area (Å²) in [4.78, 5) is 52.2. The molecule has 2 fully saturated rings. The van der Waals surface area contributed by atoms with Crippen molar-refractivity contribution in [3.8, 4) is 11.3 Å². The minimum absolute atomic E-state index is 0.0246. The number of carbonyl (C=O) groups excluding carboxylic acids is 3. The highest BCUT2D eigenvalue weighted by atomic mass is 32.1. The monoisotopic (exact) mass is 652 g/mol. The van der Waals surface area contributed by atoms with Gasteiger partial charge in [-0.15, -0.1) is 0 Å². The fourth-order valence-electron chi connectivity index (χ4n) is 5.51. The summed E-state index contributed by atoms with van der Waals surface area (Å²) >= 11 is 1.20. The van der Waals surface area contributed by atoms with Crippen molar-refractivity contribution >= 4 is 50.2 Å². The number of aromatic nitrogens is 2. The molecule has 4 aromatic rings. The van der Waals surface area contributed by atoms with E-state index in [1.807, 2.05) is 0 Å². The molecule has 2 aliphatic rings. The molecule has 2 aromatic heterocycles. The van der Waals surface area contributed by atoms with E-state index in [4.69, 9.17) is 4.74 Å². The highest BCUT2D eigenvalue weighted by Crippen LogP contribution is 2.32. The van der Waals surface area contributed by atoms with Gasteiger partial charge >= 0.3 is 6.18 Å². The van der Waals surface area contributed by atoms with E-state index < -0.39 is 23.6 Å². The molecule has 2 N–H and O–H groups in total. The predicted molar refractivity (Wildman–Crippen MR) is 167 cm³/mol. The van der Waals surface area contributed by atoms with Gasteiger partial charge in [-0.25, -0.2) is 9.97 Å². The molecular formula is C32H31F3N6O4S. The van der Waals surface area contributed by atoms with E-state index >= 15 is 0 Å². The number of hydrogen-bond donors (Lipinski definition) is 2. The van der Waals surface area contributed by atoms with Crippen LogP contribution >= 0.6 is 11.3 Å². The Kier molecular flexibility index (Phi) is 9.29. The lowest BCUT2D eigenvalue weighted by atomic mass is 10.1. The van der Waals surface area contributed by atoms with Crippen LogP contribution in [0.1, 0.15) is 28.8 Å². The normalized spacial score (nSPS) is 17.4. The number of pyridine rings is 1. The van der Waals surface area contributed by atoms with Gasteiger partial charge in [0.15, 0.2) is 5.13 Å². The van der Waals surface area contributed by atoms with Crippen molar-refractivity contribution < 1.29 is 32.3 Å². The van der Waals surface area contributed by atoms with Crippen LogP contribution in [0.3, 0.4) is 0 Å². The second-order valence-electron chi connectivity index (χ2n) is 11.2. The molecular weight excluding hydrogens is 621 g/mol. The number of benzene rings is 2. The van der Waals surface area contributed by atoms with E-state index in [1.165, 1.54) is 23.5 Å². The number of nitrogens with zero attached hydrogens (tertiary/aromatic N) is 4. The maximum absolute atomic E-state index is 13.1. The number of halogens is 3. The third kappa shape index (κ3) is 7.52. The van der Waals surface area contributed by atoms with Crippen LogP contribution in [0, 0.1) is 5.92 Å². The molecule has 0 bridgehead atoms. The van der Waals surface area contributed by atoms with E-state index in [-0.39, 0.29) is 29.5 Å². The highest BCUT2D eigenvalue weighted by molar-refractivity contribution is 7.22. The topological polar surface area (TPSA) is 117 Å². The summed E-state index contributed by atoms with van der Waals surface area (Å²) in [5, 5.41) is 5.73. The summed E-state index contributed by atoms with van der Waals surface area (Å²) in [6.45, 7) is 5.13. The summed E-state index contributed by atoms with van der Waals surface area (Å²) < 4.78 is 44.6. The van der Waals surface area contributed by atoms with Gasteiger partial charge < -0.3 is 20.3 Å². The number of amides is 3. The molecule has 0 saturated carbocycles. The van der Waals surface area contributed by atoms with Crippen LogP contribution in [-0.2, 0) is 20.5 Å². The van der Waals surface area contributed by atoms with Crippen molar-refractivity contribution in [2.45, 2.75) is 19.0 Å². The van der Waals surface area contributed by atoms with Crippen molar-refractivity contribution in [1.82, 2.24) is 19.8 Å². The van der Waals surface area contributed by atoms with Crippen LogP contribution in [0.2, 0.25) is 0 Å². The second kappa shape index (κ2) is 13.5. The Morgan fingerprint density at radius 1 is 0.978 bits per heavy atom. The zero-order valence-corrected chi connectivity index (χ0v) is 25.5. The van der Waals surface area contributed by atoms with Crippen molar-refractivity contribution in [2.24, 2.45) is 5.92 Å².